The zero-order valence-electron chi connectivity index (χ0n) is 14.2. The third kappa shape index (κ3) is 4.67. The average Bonchev–Trinajstić information content (AvgIpc) is 3.08. The second kappa shape index (κ2) is 8.10. The number of rotatable bonds is 6. The van der Waals surface area contributed by atoms with Crippen molar-refractivity contribution in [1.29, 1.82) is 0 Å². The van der Waals surface area contributed by atoms with E-state index < -0.39 is 16.7 Å². The maximum atomic E-state index is 13.1. The van der Waals surface area contributed by atoms with Crippen LogP contribution in [0.2, 0.25) is 0 Å². The molecule has 2 aromatic carbocycles. The van der Waals surface area contributed by atoms with Gasteiger partial charge in [0, 0.05) is 11.4 Å². The number of furan rings is 1. The third-order valence-corrected chi connectivity index (χ3v) is 5.08. The SMILES string of the molecule is Cc1cccc([S@](=O)Cc2ccc(C(=O)NCc3cccc(F)c3)o2)c1. The van der Waals surface area contributed by atoms with Crippen molar-refractivity contribution in [2.24, 2.45) is 0 Å². The fourth-order valence-corrected chi connectivity index (χ4v) is 3.59. The van der Waals surface area contributed by atoms with Crippen molar-refractivity contribution in [1.82, 2.24) is 5.32 Å². The molecule has 0 saturated heterocycles. The minimum atomic E-state index is -1.25. The Hall–Kier alpha value is -2.73. The Morgan fingerprint density at radius 2 is 1.92 bits per heavy atom. The van der Waals surface area contributed by atoms with Crippen molar-refractivity contribution in [2.45, 2.75) is 24.1 Å². The molecule has 4 nitrogen and oxygen atoms in total. The number of carbonyl (C=O) groups excluding carboxylic acids is 1. The van der Waals surface area contributed by atoms with Gasteiger partial charge in [-0.25, -0.2) is 4.39 Å². The molecule has 1 heterocycles. The van der Waals surface area contributed by atoms with E-state index in [0.717, 1.165) is 10.5 Å². The van der Waals surface area contributed by atoms with E-state index in [1.807, 2.05) is 25.1 Å². The zero-order valence-corrected chi connectivity index (χ0v) is 15.0. The number of amides is 1. The quantitative estimate of drug-likeness (QED) is 0.713. The molecule has 0 aliphatic rings. The molecule has 134 valence electrons. The van der Waals surface area contributed by atoms with Gasteiger partial charge in [0.1, 0.15) is 11.6 Å². The predicted molar refractivity (Wildman–Crippen MR) is 97.6 cm³/mol. The third-order valence-electron chi connectivity index (χ3n) is 3.75. The van der Waals surface area contributed by atoms with Crippen molar-refractivity contribution in [3.05, 3.63) is 89.1 Å². The molecule has 1 aromatic heterocycles. The molecule has 3 aromatic rings. The van der Waals surface area contributed by atoms with Crippen LogP contribution in [-0.4, -0.2) is 10.1 Å². The normalized spacial score (nSPS) is 11.9. The lowest BCUT2D eigenvalue weighted by Gasteiger charge is -2.04. The largest absolute Gasteiger partial charge is 0.455 e. The van der Waals surface area contributed by atoms with Crippen LogP contribution in [0.25, 0.3) is 0 Å². The van der Waals surface area contributed by atoms with Crippen molar-refractivity contribution in [3.8, 4) is 0 Å². The van der Waals surface area contributed by atoms with Gasteiger partial charge in [-0.1, -0.05) is 24.3 Å². The molecule has 0 unspecified atom stereocenters. The van der Waals surface area contributed by atoms with Crippen molar-refractivity contribution in [3.63, 3.8) is 0 Å². The standard InChI is InChI=1S/C20H18FNO3S/c1-14-4-2-7-18(10-14)26(24)13-17-8-9-19(25-17)20(23)22-12-15-5-3-6-16(21)11-15/h2-11H,12-13H2,1H3,(H,22,23)/t26-/m1/s1. The molecule has 26 heavy (non-hydrogen) atoms. The first-order chi connectivity index (χ1) is 12.5. The Labute approximate surface area is 153 Å². The summed E-state index contributed by atoms with van der Waals surface area (Å²) in [4.78, 5) is 12.9. The Morgan fingerprint density at radius 3 is 2.69 bits per heavy atom. The van der Waals surface area contributed by atoms with Gasteiger partial charge in [-0.2, -0.15) is 0 Å². The van der Waals surface area contributed by atoms with Gasteiger partial charge >= 0.3 is 0 Å². The van der Waals surface area contributed by atoms with E-state index in [1.165, 1.54) is 12.1 Å². The molecule has 1 atom stereocenters. The first-order valence-electron chi connectivity index (χ1n) is 8.07. The number of hydrogen-bond donors (Lipinski definition) is 1. The van der Waals surface area contributed by atoms with Gasteiger partial charge in [-0.05, 0) is 54.4 Å². The fraction of sp³-hybridized carbons (Fsp3) is 0.150. The van der Waals surface area contributed by atoms with Crippen molar-refractivity contribution in [2.75, 3.05) is 0 Å². The highest BCUT2D eigenvalue weighted by Gasteiger charge is 2.13. The van der Waals surface area contributed by atoms with E-state index in [1.54, 1.807) is 30.3 Å². The highest BCUT2D eigenvalue weighted by molar-refractivity contribution is 7.84. The number of benzene rings is 2. The predicted octanol–water partition coefficient (Wildman–Crippen LogP) is 3.96. The summed E-state index contributed by atoms with van der Waals surface area (Å²) in [5, 5.41) is 2.67. The lowest BCUT2D eigenvalue weighted by Crippen LogP contribution is -2.22. The van der Waals surface area contributed by atoms with Crippen LogP contribution in [0, 0.1) is 12.7 Å². The zero-order chi connectivity index (χ0) is 18.5. The van der Waals surface area contributed by atoms with Crippen LogP contribution < -0.4 is 5.32 Å². The van der Waals surface area contributed by atoms with Crippen molar-refractivity contribution >= 4 is 16.7 Å². The van der Waals surface area contributed by atoms with Gasteiger partial charge in [0.15, 0.2) is 5.76 Å². The average molecular weight is 371 g/mol. The van der Waals surface area contributed by atoms with E-state index in [-0.39, 0.29) is 23.9 Å². The van der Waals surface area contributed by atoms with Gasteiger partial charge in [0.05, 0.1) is 16.6 Å². The summed E-state index contributed by atoms with van der Waals surface area (Å²) in [7, 11) is -1.25. The van der Waals surface area contributed by atoms with E-state index in [2.05, 4.69) is 5.32 Å². The molecule has 6 heteroatoms. The van der Waals surface area contributed by atoms with Crippen LogP contribution in [0.3, 0.4) is 0 Å². The molecular formula is C20H18FNO3S. The lowest BCUT2D eigenvalue weighted by molar-refractivity contribution is 0.0921. The summed E-state index contributed by atoms with van der Waals surface area (Å²) in [6.45, 7) is 2.14. The molecule has 0 spiro atoms. The van der Waals surface area contributed by atoms with E-state index >= 15 is 0 Å². The minimum absolute atomic E-state index is 0.137. The fourth-order valence-electron chi connectivity index (χ4n) is 2.46. The van der Waals surface area contributed by atoms with Crippen LogP contribution in [-0.2, 0) is 23.1 Å². The summed E-state index contributed by atoms with van der Waals surface area (Å²) in [5.41, 5.74) is 1.69. The van der Waals surface area contributed by atoms with E-state index in [0.29, 0.717) is 11.3 Å². The summed E-state index contributed by atoms with van der Waals surface area (Å²) < 4.78 is 31.0. The second-order valence-electron chi connectivity index (χ2n) is 5.88. The summed E-state index contributed by atoms with van der Waals surface area (Å²) >= 11 is 0. The maximum absolute atomic E-state index is 13.1. The highest BCUT2D eigenvalue weighted by Crippen LogP contribution is 2.16. The van der Waals surface area contributed by atoms with Crippen LogP contribution in [0.4, 0.5) is 4.39 Å². The molecule has 3 rings (SSSR count). The molecule has 0 bridgehead atoms. The number of nitrogens with one attached hydrogen (secondary N) is 1. The summed E-state index contributed by atoms with van der Waals surface area (Å²) in [6.07, 6.45) is 0. The van der Waals surface area contributed by atoms with E-state index in [4.69, 9.17) is 4.42 Å². The van der Waals surface area contributed by atoms with Crippen LogP contribution in [0.5, 0.6) is 0 Å². The summed E-state index contributed by atoms with van der Waals surface area (Å²) in [6, 6.07) is 16.7. The Bertz CT molecular complexity index is 951. The van der Waals surface area contributed by atoms with Crippen LogP contribution in [0.1, 0.15) is 27.4 Å². The van der Waals surface area contributed by atoms with E-state index in [9.17, 15) is 13.4 Å². The van der Waals surface area contributed by atoms with Gasteiger partial charge in [0.25, 0.3) is 5.91 Å². The topological polar surface area (TPSA) is 59.3 Å². The minimum Gasteiger partial charge on any atom is -0.455 e. The molecule has 0 fully saturated rings. The molecule has 1 amide bonds. The van der Waals surface area contributed by atoms with Crippen molar-refractivity contribution < 1.29 is 17.8 Å². The Balaban J connectivity index is 1.60. The number of hydrogen-bond acceptors (Lipinski definition) is 3. The van der Waals surface area contributed by atoms with Crippen LogP contribution in [0.15, 0.2) is 70.0 Å². The molecule has 0 radical (unpaired) electrons. The molecule has 1 N–H and O–H groups in total. The van der Waals surface area contributed by atoms with Gasteiger partial charge < -0.3 is 9.73 Å². The molecule has 0 aliphatic heterocycles. The first kappa shape index (κ1) is 18.1. The van der Waals surface area contributed by atoms with Gasteiger partial charge in [0.2, 0.25) is 0 Å². The molecular weight excluding hydrogens is 353 g/mol. The smallest absolute Gasteiger partial charge is 0.287 e. The number of aryl methyl sites for hydroxylation is 1. The monoisotopic (exact) mass is 371 g/mol. The lowest BCUT2D eigenvalue weighted by atomic mass is 10.2. The Morgan fingerprint density at radius 1 is 1.12 bits per heavy atom. The number of halogens is 1. The highest BCUT2D eigenvalue weighted by atomic mass is 32.2. The molecule has 0 aliphatic carbocycles. The maximum Gasteiger partial charge on any atom is 0.287 e. The second-order valence-corrected chi connectivity index (χ2v) is 7.34. The van der Waals surface area contributed by atoms with Gasteiger partial charge in [-0.15, -0.1) is 0 Å². The number of carbonyl (C=O) groups is 1. The summed E-state index contributed by atoms with van der Waals surface area (Å²) in [5.74, 6) is 0.0524. The Kier molecular flexibility index (Phi) is 5.63. The van der Waals surface area contributed by atoms with Crippen LogP contribution >= 0.6 is 0 Å². The van der Waals surface area contributed by atoms with Gasteiger partial charge in [-0.3, -0.25) is 9.00 Å². The first-order valence-corrected chi connectivity index (χ1v) is 9.39. The molecule has 0 saturated carbocycles.